The Hall–Kier alpha value is -1.08. The van der Waals surface area contributed by atoms with Gasteiger partial charge in [0.1, 0.15) is 5.75 Å². The maximum Gasteiger partial charge on any atom is 0.130 e. The quantitative estimate of drug-likeness (QED) is 0.671. The third kappa shape index (κ3) is 3.08. The predicted octanol–water partition coefficient (Wildman–Crippen LogP) is 4.37. The average molecular weight is 467 g/mol. The minimum absolute atomic E-state index is 0. The molecule has 0 aliphatic heterocycles. The number of hydrogen-bond donors (Lipinski definition) is 0. The molecule has 0 N–H and O–H groups in total. The first-order valence-electron chi connectivity index (χ1n) is 7.07. The molecule has 0 amide bonds. The summed E-state index contributed by atoms with van der Waals surface area (Å²) in [6, 6.07) is 0.364. The van der Waals surface area contributed by atoms with Crippen molar-refractivity contribution in [2.24, 2.45) is 0 Å². The van der Waals surface area contributed by atoms with Gasteiger partial charge < -0.3 is 4.74 Å². The van der Waals surface area contributed by atoms with Gasteiger partial charge in [0.05, 0.1) is 13.3 Å². The van der Waals surface area contributed by atoms with Gasteiger partial charge in [0.25, 0.3) is 0 Å². The van der Waals surface area contributed by atoms with Crippen molar-refractivity contribution in [3.8, 4) is 16.9 Å². The number of hydrogen-bond acceptors (Lipinski definition) is 2. The maximum absolute atomic E-state index is 5.68. The van der Waals surface area contributed by atoms with Crippen LogP contribution in [0.1, 0.15) is 42.1 Å². The van der Waals surface area contributed by atoms with Gasteiger partial charge in [0, 0.05) is 44.4 Å². The van der Waals surface area contributed by atoms with E-state index in [-0.39, 0.29) is 21.1 Å². The van der Waals surface area contributed by atoms with Crippen LogP contribution in [-0.4, -0.2) is 16.9 Å². The molecule has 0 aliphatic rings. The van der Waals surface area contributed by atoms with Crippen molar-refractivity contribution in [1.29, 1.82) is 0 Å². The second-order valence-electron chi connectivity index (χ2n) is 5.71. The molecule has 0 unspecified atom stereocenters. The van der Waals surface area contributed by atoms with Crippen LogP contribution in [0.2, 0.25) is 0 Å². The number of benzene rings is 1. The van der Waals surface area contributed by atoms with Gasteiger partial charge in [-0.2, -0.15) is 5.10 Å². The monoisotopic (exact) mass is 467 g/mol. The molecule has 2 aromatic rings. The molecule has 1 aromatic carbocycles. The van der Waals surface area contributed by atoms with E-state index >= 15 is 0 Å². The van der Waals surface area contributed by atoms with E-state index in [2.05, 4.69) is 52.8 Å². The van der Waals surface area contributed by atoms with E-state index in [1.54, 1.807) is 7.11 Å². The number of ether oxygens (including phenoxy) is 1. The first kappa shape index (κ1) is 18.0. The summed E-state index contributed by atoms with van der Waals surface area (Å²) in [5.74, 6) is 0.967. The molecule has 0 fully saturated rings. The van der Waals surface area contributed by atoms with Gasteiger partial charge in [-0.1, -0.05) is 0 Å². The van der Waals surface area contributed by atoms with Crippen LogP contribution in [0.5, 0.6) is 5.75 Å². The van der Waals surface area contributed by atoms with E-state index in [0.29, 0.717) is 6.04 Å². The first-order chi connectivity index (χ1) is 9.38. The largest absolute Gasteiger partial charge is 0.496 e. The van der Waals surface area contributed by atoms with E-state index < -0.39 is 0 Å². The third-order valence-corrected chi connectivity index (χ3v) is 4.25. The minimum Gasteiger partial charge on any atom is -0.496 e. The van der Waals surface area contributed by atoms with Gasteiger partial charge in [0.15, 0.2) is 0 Å². The summed E-state index contributed by atoms with van der Waals surface area (Å²) in [5.41, 5.74) is 7.41. The molecular formula is C17H24N2OPt. The normalized spacial score (nSPS) is 10.7. The zero-order valence-corrected chi connectivity index (χ0v) is 16.1. The third-order valence-electron chi connectivity index (χ3n) is 4.25. The van der Waals surface area contributed by atoms with Crippen LogP contribution in [0.15, 0.2) is 12.4 Å². The van der Waals surface area contributed by atoms with E-state index in [0.717, 1.165) is 11.3 Å². The van der Waals surface area contributed by atoms with Crippen molar-refractivity contribution >= 4 is 0 Å². The first-order valence-corrected chi connectivity index (χ1v) is 7.07. The Labute approximate surface area is 142 Å². The Bertz CT molecular complexity index is 645. The van der Waals surface area contributed by atoms with Crippen molar-refractivity contribution in [1.82, 2.24) is 9.78 Å². The molecular weight excluding hydrogens is 443 g/mol. The molecule has 1 aromatic heterocycles. The molecule has 0 saturated carbocycles. The van der Waals surface area contributed by atoms with Crippen LogP contribution in [0.25, 0.3) is 11.1 Å². The molecule has 4 heteroatoms. The number of nitrogens with zero attached hydrogens (tertiary/aromatic N) is 2. The molecule has 21 heavy (non-hydrogen) atoms. The molecule has 0 spiro atoms. The second-order valence-corrected chi connectivity index (χ2v) is 5.71. The second kappa shape index (κ2) is 6.79. The molecule has 0 atom stereocenters. The van der Waals surface area contributed by atoms with Gasteiger partial charge in [-0.25, -0.2) is 0 Å². The van der Waals surface area contributed by atoms with Crippen molar-refractivity contribution in [3.05, 3.63) is 34.6 Å². The Kier molecular flexibility index (Phi) is 5.81. The van der Waals surface area contributed by atoms with Gasteiger partial charge in [-0.15, -0.1) is 0 Å². The molecule has 2 rings (SSSR count). The Morgan fingerprint density at radius 3 is 2.05 bits per heavy atom. The number of rotatable bonds is 3. The summed E-state index contributed by atoms with van der Waals surface area (Å²) in [4.78, 5) is 0. The fourth-order valence-corrected chi connectivity index (χ4v) is 2.63. The fraction of sp³-hybridized carbons (Fsp3) is 0.471. The van der Waals surface area contributed by atoms with Crippen LogP contribution in [0, 0.1) is 27.7 Å². The van der Waals surface area contributed by atoms with E-state index in [9.17, 15) is 0 Å². The zero-order valence-electron chi connectivity index (χ0n) is 13.9. The molecule has 0 aliphatic carbocycles. The van der Waals surface area contributed by atoms with Crippen LogP contribution in [0.4, 0.5) is 0 Å². The Balaban J connectivity index is 0.00000220. The average Bonchev–Trinajstić information content (AvgIpc) is 2.89. The summed E-state index contributed by atoms with van der Waals surface area (Å²) in [5, 5.41) is 4.45. The summed E-state index contributed by atoms with van der Waals surface area (Å²) in [6.45, 7) is 12.9. The number of aromatic nitrogens is 2. The van der Waals surface area contributed by atoms with Crippen molar-refractivity contribution in [2.45, 2.75) is 47.6 Å². The maximum atomic E-state index is 5.68. The molecule has 3 nitrogen and oxygen atoms in total. The van der Waals surface area contributed by atoms with Crippen molar-refractivity contribution in [2.75, 3.05) is 7.11 Å². The summed E-state index contributed by atoms with van der Waals surface area (Å²) < 4.78 is 7.66. The van der Waals surface area contributed by atoms with Crippen molar-refractivity contribution < 1.29 is 25.8 Å². The zero-order chi connectivity index (χ0) is 15.0. The summed E-state index contributed by atoms with van der Waals surface area (Å²) in [7, 11) is 1.74. The summed E-state index contributed by atoms with van der Waals surface area (Å²) >= 11 is 0. The van der Waals surface area contributed by atoms with E-state index in [4.69, 9.17) is 4.74 Å². The SMILES string of the molecule is COc1c(C)c(C)c(C)c(C)c1-c1cnn(C(C)C)c1.[Pt]. The fourth-order valence-electron chi connectivity index (χ4n) is 2.63. The van der Waals surface area contributed by atoms with Crippen LogP contribution in [0.3, 0.4) is 0 Å². The number of methoxy groups -OCH3 is 1. The van der Waals surface area contributed by atoms with Gasteiger partial charge in [-0.3, -0.25) is 4.68 Å². The Morgan fingerprint density at radius 1 is 1.00 bits per heavy atom. The molecule has 1 heterocycles. The Morgan fingerprint density at radius 2 is 1.57 bits per heavy atom. The van der Waals surface area contributed by atoms with Crippen LogP contribution < -0.4 is 4.74 Å². The minimum atomic E-state index is 0. The topological polar surface area (TPSA) is 27.1 Å². The molecule has 0 radical (unpaired) electrons. The van der Waals surface area contributed by atoms with Crippen molar-refractivity contribution in [3.63, 3.8) is 0 Å². The van der Waals surface area contributed by atoms with Gasteiger partial charge in [0.2, 0.25) is 0 Å². The molecule has 118 valence electrons. The van der Waals surface area contributed by atoms with E-state index in [1.165, 1.54) is 27.8 Å². The van der Waals surface area contributed by atoms with E-state index in [1.807, 2.05) is 10.9 Å². The smallest absolute Gasteiger partial charge is 0.130 e. The standard InChI is InChI=1S/C17H24N2O.Pt/c1-10(2)19-9-15(8-18-19)16-13(5)11(3)12(4)14(6)17(16)20-7;/h8-10H,1-7H3;. The predicted molar refractivity (Wildman–Crippen MR) is 83.5 cm³/mol. The van der Waals surface area contributed by atoms with Gasteiger partial charge >= 0.3 is 0 Å². The summed E-state index contributed by atoms with van der Waals surface area (Å²) in [6.07, 6.45) is 4.03. The molecule has 0 bridgehead atoms. The molecule has 0 saturated heterocycles. The van der Waals surface area contributed by atoms with Gasteiger partial charge in [-0.05, 0) is 63.8 Å². The van der Waals surface area contributed by atoms with Crippen LogP contribution >= 0.6 is 0 Å². The van der Waals surface area contributed by atoms with Crippen LogP contribution in [-0.2, 0) is 21.1 Å².